The Kier molecular flexibility index (Phi) is 5.56. The van der Waals surface area contributed by atoms with Gasteiger partial charge in [0.15, 0.2) is 0 Å². The largest absolute Gasteiger partial charge is 0.354 e. The third kappa shape index (κ3) is 4.32. The van der Waals surface area contributed by atoms with E-state index in [1.54, 1.807) is 0 Å². The first-order valence-corrected chi connectivity index (χ1v) is 11.2. The smallest absolute Gasteiger partial charge is 0.132 e. The maximum absolute atomic E-state index is 4.67. The van der Waals surface area contributed by atoms with Gasteiger partial charge in [-0.15, -0.1) is 0 Å². The van der Waals surface area contributed by atoms with Crippen LogP contribution in [0.15, 0.2) is 61.7 Å². The van der Waals surface area contributed by atoms with Crippen molar-refractivity contribution in [3.05, 3.63) is 72.8 Å². The maximum Gasteiger partial charge on any atom is 0.132 e. The Morgan fingerprint density at radius 2 is 1.76 bits per heavy atom. The van der Waals surface area contributed by atoms with Crippen molar-refractivity contribution in [2.75, 3.05) is 43.4 Å². The number of rotatable bonds is 5. The minimum absolute atomic E-state index is 0.771. The first-order chi connectivity index (χ1) is 16.0. The van der Waals surface area contributed by atoms with E-state index >= 15 is 0 Å². The quantitative estimate of drug-likeness (QED) is 0.504. The maximum atomic E-state index is 4.67. The lowest BCUT2D eigenvalue weighted by atomic mass is 10.0. The van der Waals surface area contributed by atoms with Crippen molar-refractivity contribution in [1.29, 1.82) is 0 Å². The molecule has 0 atom stereocenters. The van der Waals surface area contributed by atoms with Gasteiger partial charge in [0.25, 0.3) is 0 Å². The van der Waals surface area contributed by atoms with Gasteiger partial charge in [-0.3, -0.25) is 4.68 Å². The summed E-state index contributed by atoms with van der Waals surface area (Å²) in [6.07, 6.45) is 7.67. The van der Waals surface area contributed by atoms with Crippen molar-refractivity contribution < 1.29 is 0 Å². The highest BCUT2D eigenvalue weighted by Crippen LogP contribution is 2.28. The molecule has 1 aliphatic heterocycles. The Balaban J connectivity index is 1.39. The van der Waals surface area contributed by atoms with Crippen LogP contribution < -0.4 is 10.2 Å². The van der Waals surface area contributed by atoms with Gasteiger partial charge >= 0.3 is 0 Å². The highest BCUT2D eigenvalue weighted by Gasteiger charge is 2.19. The molecule has 1 fully saturated rings. The molecule has 0 radical (unpaired) electrons. The van der Waals surface area contributed by atoms with Crippen LogP contribution in [0, 0.1) is 6.92 Å². The van der Waals surface area contributed by atoms with Gasteiger partial charge < -0.3 is 15.1 Å². The van der Waals surface area contributed by atoms with Crippen LogP contribution in [0.2, 0.25) is 0 Å². The van der Waals surface area contributed by atoms with Crippen molar-refractivity contribution in [3.63, 3.8) is 0 Å². The van der Waals surface area contributed by atoms with Gasteiger partial charge in [0.2, 0.25) is 0 Å². The van der Waals surface area contributed by atoms with Crippen LogP contribution in [0.5, 0.6) is 0 Å². The van der Waals surface area contributed by atoms with Crippen LogP contribution in [0.25, 0.3) is 27.6 Å². The predicted octanol–water partition coefficient (Wildman–Crippen LogP) is 4.17. The SMILES string of the molecule is C=C(Nc1cc2cc(-c3cnn(C)c3)ccc2cn1)c1ccnc(N2CCN(C)CC2)c1C. The molecule has 1 N–H and O–H groups in total. The van der Waals surface area contributed by atoms with E-state index in [2.05, 4.69) is 75.0 Å². The molecule has 0 saturated carbocycles. The zero-order chi connectivity index (χ0) is 22.9. The van der Waals surface area contributed by atoms with Gasteiger partial charge in [0.1, 0.15) is 11.6 Å². The number of aromatic nitrogens is 4. The minimum Gasteiger partial charge on any atom is -0.354 e. The minimum atomic E-state index is 0.771. The fourth-order valence-electron chi connectivity index (χ4n) is 4.37. The molecule has 0 amide bonds. The molecular formula is C26H29N7. The molecule has 0 bridgehead atoms. The van der Waals surface area contributed by atoms with Crippen molar-refractivity contribution in [1.82, 2.24) is 24.6 Å². The van der Waals surface area contributed by atoms with E-state index in [0.29, 0.717) is 0 Å². The molecule has 1 aliphatic rings. The Hall–Kier alpha value is -3.71. The number of fused-ring (bicyclic) bond motifs is 1. The van der Waals surface area contributed by atoms with Gasteiger partial charge in [-0.05, 0) is 43.1 Å². The van der Waals surface area contributed by atoms with Crippen molar-refractivity contribution in [2.45, 2.75) is 6.92 Å². The van der Waals surface area contributed by atoms with Crippen LogP contribution in [0.3, 0.4) is 0 Å². The Morgan fingerprint density at radius 3 is 2.52 bits per heavy atom. The second-order valence-electron chi connectivity index (χ2n) is 8.74. The van der Waals surface area contributed by atoms with Crippen LogP contribution in [-0.2, 0) is 7.05 Å². The van der Waals surface area contributed by atoms with E-state index in [9.17, 15) is 0 Å². The summed E-state index contributed by atoms with van der Waals surface area (Å²) < 4.78 is 1.82. The van der Waals surface area contributed by atoms with E-state index in [4.69, 9.17) is 0 Å². The fraction of sp³-hybridized carbons (Fsp3) is 0.269. The first kappa shape index (κ1) is 21.2. The van der Waals surface area contributed by atoms with Crippen molar-refractivity contribution in [2.24, 2.45) is 7.05 Å². The molecule has 7 nitrogen and oxygen atoms in total. The zero-order valence-corrected chi connectivity index (χ0v) is 19.4. The molecule has 1 aromatic carbocycles. The van der Waals surface area contributed by atoms with Crippen LogP contribution in [-0.4, -0.2) is 57.9 Å². The highest BCUT2D eigenvalue weighted by molar-refractivity contribution is 5.89. The number of pyridine rings is 2. The molecule has 0 aliphatic carbocycles. The Morgan fingerprint density at radius 1 is 0.939 bits per heavy atom. The van der Waals surface area contributed by atoms with E-state index in [1.807, 2.05) is 42.6 Å². The summed E-state index contributed by atoms with van der Waals surface area (Å²) in [5.41, 5.74) is 5.25. The molecule has 33 heavy (non-hydrogen) atoms. The monoisotopic (exact) mass is 439 g/mol. The predicted molar refractivity (Wildman–Crippen MR) is 135 cm³/mol. The summed E-state index contributed by atoms with van der Waals surface area (Å²) in [5.74, 6) is 1.81. The standard InChI is InChI=1S/C26H29N7/c1-18-24(7-8-27-26(18)33-11-9-31(3)10-12-33)19(2)30-25-14-22-13-20(5-6-21(22)15-28-25)23-16-29-32(4)17-23/h5-8,13-17H,2,9-12H2,1,3-4H3,(H,28,30). The number of hydrogen-bond donors (Lipinski definition) is 1. The molecule has 168 valence electrons. The molecule has 4 heterocycles. The van der Waals surface area contributed by atoms with Gasteiger partial charge in [-0.25, -0.2) is 9.97 Å². The van der Waals surface area contributed by atoms with E-state index in [-0.39, 0.29) is 0 Å². The first-order valence-electron chi connectivity index (χ1n) is 11.2. The third-order valence-electron chi connectivity index (χ3n) is 6.34. The number of nitrogens with one attached hydrogen (secondary N) is 1. The van der Waals surface area contributed by atoms with Crippen LogP contribution in [0.4, 0.5) is 11.6 Å². The molecule has 0 unspecified atom stereocenters. The lowest BCUT2D eigenvalue weighted by molar-refractivity contribution is 0.312. The number of piperazine rings is 1. The molecule has 0 spiro atoms. The topological polar surface area (TPSA) is 62.1 Å². The fourth-order valence-corrected chi connectivity index (χ4v) is 4.37. The third-order valence-corrected chi connectivity index (χ3v) is 6.34. The number of hydrogen-bond acceptors (Lipinski definition) is 6. The average molecular weight is 440 g/mol. The average Bonchev–Trinajstić information content (AvgIpc) is 3.25. The summed E-state index contributed by atoms with van der Waals surface area (Å²) in [6, 6.07) is 10.5. The number of aryl methyl sites for hydroxylation is 1. The number of nitrogens with zero attached hydrogens (tertiary/aromatic N) is 6. The Bertz CT molecular complexity index is 1320. The zero-order valence-electron chi connectivity index (χ0n) is 19.4. The lowest BCUT2D eigenvalue weighted by Gasteiger charge is -2.34. The highest BCUT2D eigenvalue weighted by atomic mass is 15.3. The van der Waals surface area contributed by atoms with Gasteiger partial charge in [-0.2, -0.15) is 5.10 Å². The van der Waals surface area contributed by atoms with Gasteiger partial charge in [0.05, 0.1) is 6.20 Å². The van der Waals surface area contributed by atoms with Gasteiger partial charge in [0, 0.05) is 79.6 Å². The Labute approximate surface area is 194 Å². The summed E-state index contributed by atoms with van der Waals surface area (Å²) >= 11 is 0. The van der Waals surface area contributed by atoms with Crippen LogP contribution >= 0.6 is 0 Å². The number of benzene rings is 1. The van der Waals surface area contributed by atoms with Crippen molar-refractivity contribution >= 4 is 28.1 Å². The summed E-state index contributed by atoms with van der Waals surface area (Å²) in [6.45, 7) is 10.5. The molecule has 7 heteroatoms. The van der Waals surface area contributed by atoms with E-state index < -0.39 is 0 Å². The second-order valence-corrected chi connectivity index (χ2v) is 8.74. The molecular weight excluding hydrogens is 410 g/mol. The summed E-state index contributed by atoms with van der Waals surface area (Å²) in [4.78, 5) is 14.0. The van der Waals surface area contributed by atoms with Crippen LogP contribution in [0.1, 0.15) is 11.1 Å². The van der Waals surface area contributed by atoms with E-state index in [1.165, 1.54) is 0 Å². The number of anilines is 2. The van der Waals surface area contributed by atoms with Gasteiger partial charge in [-0.1, -0.05) is 18.7 Å². The molecule has 4 aromatic rings. The van der Waals surface area contributed by atoms with E-state index in [0.717, 1.165) is 76.5 Å². The second kappa shape index (κ2) is 8.67. The molecule has 3 aromatic heterocycles. The molecule has 1 saturated heterocycles. The summed E-state index contributed by atoms with van der Waals surface area (Å²) in [5, 5.41) is 9.91. The normalized spacial score (nSPS) is 14.6. The van der Waals surface area contributed by atoms with Crippen molar-refractivity contribution in [3.8, 4) is 11.1 Å². The molecule has 5 rings (SSSR count). The number of likely N-dealkylation sites (N-methyl/N-ethyl adjacent to an activating group) is 1. The summed E-state index contributed by atoms with van der Waals surface area (Å²) in [7, 11) is 4.09. The lowest BCUT2D eigenvalue weighted by Crippen LogP contribution is -2.45.